The second-order valence-electron chi connectivity index (χ2n) is 5.89. The highest BCUT2D eigenvalue weighted by molar-refractivity contribution is 5.89. The molecule has 1 atom stereocenters. The van der Waals surface area contributed by atoms with Crippen LogP contribution in [-0.2, 0) is 11.2 Å². The van der Waals surface area contributed by atoms with E-state index in [4.69, 9.17) is 0 Å². The van der Waals surface area contributed by atoms with Crippen molar-refractivity contribution in [3.8, 4) is 0 Å². The van der Waals surface area contributed by atoms with Crippen molar-refractivity contribution in [2.24, 2.45) is 5.92 Å². The first-order chi connectivity index (χ1) is 9.95. The highest BCUT2D eigenvalue weighted by Gasteiger charge is 2.28. The van der Waals surface area contributed by atoms with E-state index in [9.17, 15) is 9.59 Å². The number of carbonyl (C=O) groups excluding carboxylic acids is 2. The lowest BCUT2D eigenvalue weighted by Gasteiger charge is -2.14. The quantitative estimate of drug-likeness (QED) is 0.873. The van der Waals surface area contributed by atoms with Crippen LogP contribution in [-0.4, -0.2) is 37.0 Å². The number of rotatable bonds is 5. The maximum absolute atomic E-state index is 11.8. The van der Waals surface area contributed by atoms with Gasteiger partial charge in [-0.2, -0.15) is 0 Å². The molecule has 0 saturated heterocycles. The SMILES string of the molecule is CC(NC(=O)Nc1ccc(CC(=O)N(C)C)cc1)C1CC1. The second kappa shape index (κ2) is 6.61. The standard InChI is InChI=1S/C16H23N3O2/c1-11(13-6-7-13)17-16(21)18-14-8-4-12(5-9-14)10-15(20)19(2)3/h4-5,8-9,11,13H,6-7,10H2,1-3H3,(H2,17,18,21). The van der Waals surface area contributed by atoms with E-state index in [0.29, 0.717) is 12.3 Å². The molecule has 0 aliphatic heterocycles. The summed E-state index contributed by atoms with van der Waals surface area (Å²) in [6.07, 6.45) is 2.78. The van der Waals surface area contributed by atoms with Crippen LogP contribution in [0.1, 0.15) is 25.3 Å². The third-order valence-corrected chi connectivity index (χ3v) is 3.75. The summed E-state index contributed by atoms with van der Waals surface area (Å²) in [5.74, 6) is 0.696. The van der Waals surface area contributed by atoms with Crippen molar-refractivity contribution in [3.05, 3.63) is 29.8 Å². The largest absolute Gasteiger partial charge is 0.349 e. The molecule has 2 rings (SSSR count). The third-order valence-electron chi connectivity index (χ3n) is 3.75. The van der Waals surface area contributed by atoms with Gasteiger partial charge in [-0.3, -0.25) is 4.79 Å². The summed E-state index contributed by atoms with van der Waals surface area (Å²) in [5.41, 5.74) is 1.67. The summed E-state index contributed by atoms with van der Waals surface area (Å²) in [6.45, 7) is 2.03. The van der Waals surface area contributed by atoms with Crippen LogP contribution >= 0.6 is 0 Å². The minimum atomic E-state index is -0.175. The van der Waals surface area contributed by atoms with Crippen LogP contribution in [0.3, 0.4) is 0 Å². The second-order valence-corrected chi connectivity index (χ2v) is 5.89. The maximum atomic E-state index is 11.8. The van der Waals surface area contributed by atoms with Gasteiger partial charge in [-0.25, -0.2) is 4.79 Å². The lowest BCUT2D eigenvalue weighted by molar-refractivity contribution is -0.127. The Morgan fingerprint density at radius 3 is 2.38 bits per heavy atom. The molecular weight excluding hydrogens is 266 g/mol. The molecule has 3 amide bonds. The molecule has 5 heteroatoms. The molecule has 1 aromatic carbocycles. The van der Waals surface area contributed by atoms with Crippen molar-refractivity contribution in [2.45, 2.75) is 32.2 Å². The van der Waals surface area contributed by atoms with Gasteiger partial charge < -0.3 is 15.5 Å². The minimum Gasteiger partial charge on any atom is -0.349 e. The van der Waals surface area contributed by atoms with E-state index in [1.54, 1.807) is 19.0 Å². The molecule has 1 aliphatic rings. The minimum absolute atomic E-state index is 0.0618. The molecule has 0 aromatic heterocycles. The fourth-order valence-corrected chi connectivity index (χ4v) is 2.13. The molecule has 21 heavy (non-hydrogen) atoms. The van der Waals surface area contributed by atoms with Crippen molar-refractivity contribution in [1.82, 2.24) is 10.2 Å². The summed E-state index contributed by atoms with van der Waals surface area (Å²) in [5, 5.41) is 5.75. The van der Waals surface area contributed by atoms with Gasteiger partial charge in [0.05, 0.1) is 6.42 Å². The molecule has 0 radical (unpaired) electrons. The molecular formula is C16H23N3O2. The third kappa shape index (κ3) is 4.77. The maximum Gasteiger partial charge on any atom is 0.319 e. The van der Waals surface area contributed by atoms with Crippen molar-refractivity contribution >= 4 is 17.6 Å². The van der Waals surface area contributed by atoms with Gasteiger partial charge in [0.2, 0.25) is 5.91 Å². The molecule has 0 bridgehead atoms. The van der Waals surface area contributed by atoms with E-state index >= 15 is 0 Å². The highest BCUT2D eigenvalue weighted by atomic mass is 16.2. The molecule has 0 spiro atoms. The Morgan fingerprint density at radius 1 is 1.24 bits per heavy atom. The van der Waals surface area contributed by atoms with Gasteiger partial charge in [-0.1, -0.05) is 12.1 Å². The Kier molecular flexibility index (Phi) is 4.83. The Labute approximate surface area is 125 Å². The van der Waals surface area contributed by atoms with Crippen LogP contribution < -0.4 is 10.6 Å². The Bertz CT molecular complexity index is 507. The zero-order valence-corrected chi connectivity index (χ0v) is 12.8. The van der Waals surface area contributed by atoms with Gasteiger partial charge in [-0.05, 0) is 43.4 Å². The van der Waals surface area contributed by atoms with E-state index < -0.39 is 0 Å². The fourth-order valence-electron chi connectivity index (χ4n) is 2.13. The molecule has 5 nitrogen and oxygen atoms in total. The lowest BCUT2D eigenvalue weighted by Crippen LogP contribution is -2.37. The Morgan fingerprint density at radius 2 is 1.86 bits per heavy atom. The smallest absolute Gasteiger partial charge is 0.319 e. The zero-order valence-electron chi connectivity index (χ0n) is 12.8. The molecule has 1 aliphatic carbocycles. The number of benzene rings is 1. The van der Waals surface area contributed by atoms with Crippen molar-refractivity contribution in [2.75, 3.05) is 19.4 Å². The summed E-state index contributed by atoms with van der Waals surface area (Å²) >= 11 is 0. The van der Waals surface area contributed by atoms with Crippen LogP contribution in [0.2, 0.25) is 0 Å². The predicted molar refractivity (Wildman–Crippen MR) is 83.2 cm³/mol. The number of carbonyl (C=O) groups is 2. The van der Waals surface area contributed by atoms with Crippen LogP contribution in [0.25, 0.3) is 0 Å². The Hall–Kier alpha value is -2.04. The molecule has 1 unspecified atom stereocenters. The van der Waals surface area contributed by atoms with Gasteiger partial charge in [0.25, 0.3) is 0 Å². The monoisotopic (exact) mass is 289 g/mol. The summed E-state index contributed by atoms with van der Waals surface area (Å²) in [6, 6.07) is 7.41. The fraction of sp³-hybridized carbons (Fsp3) is 0.500. The van der Waals surface area contributed by atoms with E-state index in [0.717, 1.165) is 11.3 Å². The first kappa shape index (κ1) is 15.4. The molecule has 1 saturated carbocycles. The van der Waals surface area contributed by atoms with E-state index in [1.807, 2.05) is 31.2 Å². The van der Waals surface area contributed by atoms with Crippen LogP contribution in [0.5, 0.6) is 0 Å². The van der Waals surface area contributed by atoms with Gasteiger partial charge in [0, 0.05) is 25.8 Å². The van der Waals surface area contributed by atoms with Crippen molar-refractivity contribution in [1.29, 1.82) is 0 Å². The van der Waals surface area contributed by atoms with Crippen LogP contribution in [0.4, 0.5) is 10.5 Å². The summed E-state index contributed by atoms with van der Waals surface area (Å²) in [7, 11) is 3.48. The normalized spacial score (nSPS) is 15.2. The number of urea groups is 1. The summed E-state index contributed by atoms with van der Waals surface area (Å²) < 4.78 is 0. The highest BCUT2D eigenvalue weighted by Crippen LogP contribution is 2.32. The van der Waals surface area contributed by atoms with Gasteiger partial charge >= 0.3 is 6.03 Å². The van der Waals surface area contributed by atoms with Crippen LogP contribution in [0, 0.1) is 5.92 Å². The number of likely N-dealkylation sites (N-methyl/N-ethyl adjacent to an activating group) is 1. The van der Waals surface area contributed by atoms with Gasteiger partial charge in [0.1, 0.15) is 0 Å². The van der Waals surface area contributed by atoms with E-state index in [2.05, 4.69) is 10.6 Å². The number of hydrogen-bond donors (Lipinski definition) is 2. The van der Waals surface area contributed by atoms with Gasteiger partial charge in [0.15, 0.2) is 0 Å². The number of nitrogens with zero attached hydrogens (tertiary/aromatic N) is 1. The Balaban J connectivity index is 1.83. The molecule has 2 N–H and O–H groups in total. The predicted octanol–water partition coefficient (Wildman–Crippen LogP) is 2.24. The topological polar surface area (TPSA) is 61.4 Å². The number of amides is 3. The van der Waals surface area contributed by atoms with Crippen molar-refractivity contribution < 1.29 is 9.59 Å². The first-order valence-corrected chi connectivity index (χ1v) is 7.32. The molecule has 1 fully saturated rings. The lowest BCUT2D eigenvalue weighted by atomic mass is 10.1. The van der Waals surface area contributed by atoms with E-state index in [1.165, 1.54) is 12.8 Å². The zero-order chi connectivity index (χ0) is 15.4. The molecule has 1 aromatic rings. The molecule has 114 valence electrons. The van der Waals surface area contributed by atoms with Gasteiger partial charge in [-0.15, -0.1) is 0 Å². The van der Waals surface area contributed by atoms with Crippen LogP contribution in [0.15, 0.2) is 24.3 Å². The number of nitrogens with one attached hydrogen (secondary N) is 2. The van der Waals surface area contributed by atoms with Crippen molar-refractivity contribution in [3.63, 3.8) is 0 Å². The average Bonchev–Trinajstić information content (AvgIpc) is 3.25. The summed E-state index contributed by atoms with van der Waals surface area (Å²) in [4.78, 5) is 25.0. The number of hydrogen-bond acceptors (Lipinski definition) is 2. The van der Waals surface area contributed by atoms with E-state index in [-0.39, 0.29) is 18.0 Å². The average molecular weight is 289 g/mol. The first-order valence-electron chi connectivity index (χ1n) is 7.32. The molecule has 0 heterocycles. The number of anilines is 1.